The average molecular weight is 747 g/mol. The van der Waals surface area contributed by atoms with Crippen molar-refractivity contribution < 1.29 is 4.42 Å². The molecule has 6 heteroatoms. The van der Waals surface area contributed by atoms with Crippen molar-refractivity contribution in [3.8, 4) is 51.0 Å². The normalized spacial score (nSPS) is 11.9. The lowest BCUT2D eigenvalue weighted by molar-refractivity contribution is 0.666. The first kappa shape index (κ1) is 31.9. The molecule has 0 spiro atoms. The highest BCUT2D eigenvalue weighted by atomic mass is 32.1. The van der Waals surface area contributed by atoms with Crippen LogP contribution in [0.1, 0.15) is 0 Å². The minimum atomic E-state index is 0.649. The summed E-state index contributed by atoms with van der Waals surface area (Å²) in [5.74, 6) is 1.95. The summed E-state index contributed by atoms with van der Waals surface area (Å²) in [6, 6.07) is 63.6. The van der Waals surface area contributed by atoms with Gasteiger partial charge in [0.05, 0.1) is 16.7 Å². The van der Waals surface area contributed by atoms with Crippen molar-refractivity contribution >= 4 is 75.3 Å². The average Bonchev–Trinajstić information content (AvgIpc) is 3.97. The smallest absolute Gasteiger partial charge is 0.164 e. The Labute approximate surface area is 330 Å². The highest BCUT2D eigenvalue weighted by Gasteiger charge is 2.22. The van der Waals surface area contributed by atoms with Crippen molar-refractivity contribution in [2.75, 3.05) is 0 Å². The molecule has 0 saturated carbocycles. The molecule has 57 heavy (non-hydrogen) atoms. The summed E-state index contributed by atoms with van der Waals surface area (Å²) in [6.07, 6.45) is 0. The third kappa shape index (κ3) is 4.91. The molecule has 0 bridgehead atoms. The molecule has 0 aliphatic heterocycles. The van der Waals surface area contributed by atoms with E-state index in [0.29, 0.717) is 17.5 Å². The van der Waals surface area contributed by atoms with Crippen LogP contribution in [-0.4, -0.2) is 19.5 Å². The van der Waals surface area contributed by atoms with E-state index in [1.807, 2.05) is 72.0 Å². The molecule has 8 aromatic carbocycles. The first-order valence-electron chi connectivity index (χ1n) is 19.0. The number of furan rings is 1. The lowest BCUT2D eigenvalue weighted by atomic mass is 9.97. The third-order valence-corrected chi connectivity index (χ3v) is 12.3. The summed E-state index contributed by atoms with van der Waals surface area (Å²) in [7, 11) is 0. The van der Waals surface area contributed by atoms with Gasteiger partial charge in [0.15, 0.2) is 23.1 Å². The van der Waals surface area contributed by atoms with Crippen LogP contribution in [0, 0.1) is 0 Å². The van der Waals surface area contributed by atoms with Gasteiger partial charge >= 0.3 is 0 Å². The van der Waals surface area contributed by atoms with Crippen LogP contribution in [0.25, 0.3) is 115 Å². The summed E-state index contributed by atoms with van der Waals surface area (Å²) in [4.78, 5) is 15.2. The van der Waals surface area contributed by atoms with Crippen molar-refractivity contribution in [1.29, 1.82) is 0 Å². The predicted molar refractivity (Wildman–Crippen MR) is 236 cm³/mol. The summed E-state index contributed by atoms with van der Waals surface area (Å²) < 4.78 is 11.6. The van der Waals surface area contributed by atoms with E-state index in [2.05, 4.69) is 126 Å². The van der Waals surface area contributed by atoms with E-state index < -0.39 is 0 Å². The first-order valence-corrected chi connectivity index (χ1v) is 19.8. The maximum absolute atomic E-state index is 6.87. The number of benzene rings is 8. The molecule has 12 rings (SSSR count). The highest BCUT2D eigenvalue weighted by Crippen LogP contribution is 2.47. The summed E-state index contributed by atoms with van der Waals surface area (Å²) in [5, 5.41) is 6.96. The van der Waals surface area contributed by atoms with Crippen molar-refractivity contribution in [2.24, 2.45) is 0 Å². The Morgan fingerprint density at radius 2 is 0.947 bits per heavy atom. The van der Waals surface area contributed by atoms with E-state index in [-0.39, 0.29) is 0 Å². The lowest BCUT2D eigenvalue weighted by Crippen LogP contribution is -2.00. The van der Waals surface area contributed by atoms with Crippen LogP contribution in [0.15, 0.2) is 186 Å². The molecule has 4 aromatic heterocycles. The van der Waals surface area contributed by atoms with E-state index in [1.54, 1.807) is 0 Å². The van der Waals surface area contributed by atoms with Gasteiger partial charge in [-0.3, -0.25) is 0 Å². The monoisotopic (exact) mass is 746 g/mol. The number of rotatable bonds is 5. The van der Waals surface area contributed by atoms with E-state index in [4.69, 9.17) is 19.4 Å². The fraction of sp³-hybridized carbons (Fsp3) is 0. The zero-order chi connectivity index (χ0) is 37.5. The van der Waals surface area contributed by atoms with E-state index in [1.165, 1.54) is 31.1 Å². The molecule has 0 atom stereocenters. The number of hydrogen-bond acceptors (Lipinski definition) is 5. The van der Waals surface area contributed by atoms with Gasteiger partial charge in [-0.1, -0.05) is 152 Å². The van der Waals surface area contributed by atoms with Crippen LogP contribution in [0.3, 0.4) is 0 Å². The molecule has 266 valence electrons. The maximum atomic E-state index is 6.87. The minimum absolute atomic E-state index is 0.649. The van der Waals surface area contributed by atoms with Crippen LogP contribution in [0.4, 0.5) is 0 Å². The molecule has 4 heterocycles. The van der Waals surface area contributed by atoms with Crippen LogP contribution in [-0.2, 0) is 0 Å². The summed E-state index contributed by atoms with van der Waals surface area (Å²) in [5.41, 5.74) is 10.3. The molecule has 0 N–H and O–H groups in total. The van der Waals surface area contributed by atoms with Gasteiger partial charge in [0.1, 0.15) is 5.58 Å². The van der Waals surface area contributed by atoms with E-state index in [0.717, 1.165) is 66.3 Å². The van der Waals surface area contributed by atoms with Gasteiger partial charge in [-0.25, -0.2) is 15.0 Å². The fourth-order valence-electron chi connectivity index (χ4n) is 8.59. The molecule has 0 amide bonds. The largest absolute Gasteiger partial charge is 0.454 e. The van der Waals surface area contributed by atoms with Crippen molar-refractivity contribution in [1.82, 2.24) is 19.5 Å². The van der Waals surface area contributed by atoms with Crippen molar-refractivity contribution in [3.05, 3.63) is 182 Å². The summed E-state index contributed by atoms with van der Waals surface area (Å²) in [6.45, 7) is 0. The van der Waals surface area contributed by atoms with Crippen molar-refractivity contribution in [2.45, 2.75) is 0 Å². The molecule has 0 aliphatic carbocycles. The van der Waals surface area contributed by atoms with Crippen LogP contribution in [0.5, 0.6) is 0 Å². The minimum Gasteiger partial charge on any atom is -0.454 e. The molecule has 5 nitrogen and oxygen atoms in total. The Bertz CT molecular complexity index is 3420. The molecule has 0 saturated heterocycles. The zero-order valence-electron chi connectivity index (χ0n) is 30.4. The predicted octanol–water partition coefficient (Wildman–Crippen LogP) is 13.9. The summed E-state index contributed by atoms with van der Waals surface area (Å²) >= 11 is 1.81. The molecule has 0 radical (unpaired) electrons. The SMILES string of the molecule is c1ccc(-c2nc(-c3ccccc3)nc(-c3cccc4sc5c(-c6cccc7oc8c(-n9c%10ccccc%10c%10ccccc%109)cccc8c67)cccc5c34)n2)cc1. The third-order valence-electron chi connectivity index (χ3n) is 11.1. The van der Waals surface area contributed by atoms with Gasteiger partial charge in [-0.15, -0.1) is 11.3 Å². The number of thiophene rings is 1. The Morgan fingerprint density at radius 3 is 1.67 bits per heavy atom. The Hall–Kier alpha value is -7.41. The quantitative estimate of drug-likeness (QED) is 0.176. The van der Waals surface area contributed by atoms with E-state index >= 15 is 0 Å². The number of para-hydroxylation sites is 3. The van der Waals surface area contributed by atoms with Gasteiger partial charge in [0.25, 0.3) is 0 Å². The van der Waals surface area contributed by atoms with E-state index in [9.17, 15) is 0 Å². The number of hydrogen-bond donors (Lipinski definition) is 0. The molecular formula is C51H30N4OS. The Morgan fingerprint density at radius 1 is 0.404 bits per heavy atom. The van der Waals surface area contributed by atoms with Crippen LogP contribution < -0.4 is 0 Å². The van der Waals surface area contributed by atoms with Gasteiger partial charge in [0, 0.05) is 64.0 Å². The molecular weight excluding hydrogens is 717 g/mol. The molecule has 12 aromatic rings. The van der Waals surface area contributed by atoms with Crippen LogP contribution in [0.2, 0.25) is 0 Å². The molecule has 0 fully saturated rings. The lowest BCUT2D eigenvalue weighted by Gasteiger charge is -2.10. The van der Waals surface area contributed by atoms with Crippen LogP contribution >= 0.6 is 11.3 Å². The van der Waals surface area contributed by atoms with Gasteiger partial charge in [-0.2, -0.15) is 0 Å². The highest BCUT2D eigenvalue weighted by molar-refractivity contribution is 7.26. The second-order valence-electron chi connectivity index (χ2n) is 14.3. The molecule has 0 aliphatic rings. The second-order valence-corrected chi connectivity index (χ2v) is 15.4. The number of nitrogens with zero attached hydrogens (tertiary/aromatic N) is 4. The first-order chi connectivity index (χ1) is 28.3. The Balaban J connectivity index is 1.08. The second kappa shape index (κ2) is 12.6. The van der Waals surface area contributed by atoms with Gasteiger partial charge in [0.2, 0.25) is 0 Å². The standard InChI is InChI=1S/C51H30N4OS/c1-3-15-31(16-4-1)49-52-50(32-17-5-2-6-18-32)54-51(53-49)39-25-14-30-44-46(39)38-24-11-22-36(48(38)57-44)35-21-13-29-43-45(35)37-23-12-28-42(47(37)56-43)55-40-26-9-7-19-33(40)34-20-8-10-27-41(34)55/h1-30H. The zero-order valence-corrected chi connectivity index (χ0v) is 31.2. The van der Waals surface area contributed by atoms with Crippen molar-refractivity contribution in [3.63, 3.8) is 0 Å². The maximum Gasteiger partial charge on any atom is 0.164 e. The number of aromatic nitrogens is 4. The van der Waals surface area contributed by atoms with Gasteiger partial charge in [-0.05, 0) is 35.9 Å². The topological polar surface area (TPSA) is 56.7 Å². The van der Waals surface area contributed by atoms with Gasteiger partial charge < -0.3 is 8.98 Å². The fourth-order valence-corrected chi connectivity index (χ4v) is 9.85. The molecule has 0 unspecified atom stereocenters. The Kier molecular flexibility index (Phi) is 7.03. The number of fused-ring (bicyclic) bond motifs is 9.